The van der Waals surface area contributed by atoms with Crippen LogP contribution in [0, 0.1) is 10.1 Å². The molecular formula is C16H14BrN5O2S. The molecule has 9 heteroatoms. The Kier molecular flexibility index (Phi) is 5.05. The Balaban J connectivity index is 1.86. The molecule has 0 fully saturated rings. The molecule has 0 amide bonds. The molecule has 25 heavy (non-hydrogen) atoms. The first-order chi connectivity index (χ1) is 12.0. The molecule has 2 N–H and O–H groups in total. The third-order valence-corrected chi connectivity index (χ3v) is 5.42. The number of non-ortho nitro benzene ring substituents is 1. The lowest BCUT2D eigenvalue weighted by Crippen LogP contribution is -2.12. The average molecular weight is 420 g/mol. The topological polar surface area (TPSA) is 99.9 Å². The van der Waals surface area contributed by atoms with Gasteiger partial charge >= 0.3 is 0 Å². The summed E-state index contributed by atoms with van der Waals surface area (Å²) in [5.74, 6) is 6.69. The summed E-state index contributed by atoms with van der Waals surface area (Å²) in [4.78, 5) is 10.5. The van der Waals surface area contributed by atoms with E-state index < -0.39 is 4.92 Å². The van der Waals surface area contributed by atoms with Gasteiger partial charge in [0.1, 0.15) is 0 Å². The van der Waals surface area contributed by atoms with Crippen LogP contribution in [0.2, 0.25) is 0 Å². The maximum absolute atomic E-state index is 10.9. The second-order valence-corrected chi connectivity index (χ2v) is 7.43. The quantitative estimate of drug-likeness (QED) is 0.288. The van der Waals surface area contributed by atoms with Gasteiger partial charge < -0.3 is 5.84 Å². The maximum atomic E-state index is 10.9. The van der Waals surface area contributed by atoms with Gasteiger partial charge in [0.05, 0.1) is 4.92 Å². The van der Waals surface area contributed by atoms with E-state index in [0.29, 0.717) is 11.0 Å². The van der Waals surface area contributed by atoms with Gasteiger partial charge in [-0.2, -0.15) is 0 Å². The van der Waals surface area contributed by atoms with Crippen LogP contribution in [0.1, 0.15) is 17.7 Å². The molecule has 1 aromatic heterocycles. The van der Waals surface area contributed by atoms with Crippen molar-refractivity contribution >= 4 is 33.4 Å². The van der Waals surface area contributed by atoms with Gasteiger partial charge in [-0.15, -0.1) is 10.2 Å². The predicted molar refractivity (Wildman–Crippen MR) is 101 cm³/mol. The number of thioether (sulfide) groups is 1. The molecule has 0 bridgehead atoms. The van der Waals surface area contributed by atoms with E-state index in [9.17, 15) is 10.1 Å². The molecule has 1 heterocycles. The molecule has 3 rings (SSSR count). The molecule has 3 aromatic rings. The molecule has 128 valence electrons. The van der Waals surface area contributed by atoms with Crippen LogP contribution < -0.4 is 5.84 Å². The van der Waals surface area contributed by atoms with Crippen LogP contribution in [0.3, 0.4) is 0 Å². The van der Waals surface area contributed by atoms with Gasteiger partial charge in [0, 0.05) is 27.4 Å². The third-order valence-electron chi connectivity index (χ3n) is 3.61. The molecule has 0 saturated heterocycles. The van der Waals surface area contributed by atoms with Gasteiger partial charge in [0.15, 0.2) is 5.82 Å². The number of hydrogen-bond acceptors (Lipinski definition) is 6. The number of halogens is 1. The van der Waals surface area contributed by atoms with Crippen LogP contribution in [-0.2, 0) is 0 Å². The molecular weight excluding hydrogens is 406 g/mol. The third kappa shape index (κ3) is 3.67. The highest BCUT2D eigenvalue weighted by Gasteiger charge is 2.18. The summed E-state index contributed by atoms with van der Waals surface area (Å²) in [5.41, 5.74) is 1.73. The van der Waals surface area contributed by atoms with E-state index in [0.717, 1.165) is 15.6 Å². The fraction of sp³-hybridized carbons (Fsp3) is 0.125. The zero-order chi connectivity index (χ0) is 18.0. The van der Waals surface area contributed by atoms with Gasteiger partial charge in [-0.25, -0.2) is 4.68 Å². The molecule has 0 aliphatic rings. The van der Waals surface area contributed by atoms with E-state index in [4.69, 9.17) is 5.84 Å². The smallest absolute Gasteiger partial charge is 0.269 e. The number of nitrogens with two attached hydrogens (primary N) is 1. The molecule has 0 spiro atoms. The SMILES string of the molecule is CC(Sc1nnc(-c2ccccc2Br)n1N)c1cccc([N+](=O)[O-])c1. The van der Waals surface area contributed by atoms with Crippen molar-refractivity contribution in [2.24, 2.45) is 0 Å². The summed E-state index contributed by atoms with van der Waals surface area (Å²) >= 11 is 4.87. The number of nitrogen functional groups attached to an aromatic ring is 1. The van der Waals surface area contributed by atoms with Crippen molar-refractivity contribution in [3.63, 3.8) is 0 Å². The summed E-state index contributed by atoms with van der Waals surface area (Å²) in [7, 11) is 0. The van der Waals surface area contributed by atoms with Crippen molar-refractivity contribution in [3.8, 4) is 11.4 Å². The van der Waals surface area contributed by atoms with E-state index in [1.165, 1.54) is 22.5 Å². The summed E-state index contributed by atoms with van der Waals surface area (Å²) in [6, 6.07) is 14.2. The summed E-state index contributed by atoms with van der Waals surface area (Å²) in [6.45, 7) is 1.94. The number of benzene rings is 2. The number of nitro groups is 1. The largest absolute Gasteiger partial charge is 0.335 e. The Morgan fingerprint density at radius 2 is 2.00 bits per heavy atom. The fourth-order valence-corrected chi connectivity index (χ4v) is 3.65. The standard InChI is InChI=1S/C16H14BrN5O2S/c1-10(11-5-4-6-12(9-11)22(23)24)25-16-20-19-15(21(16)18)13-7-2-3-8-14(13)17/h2-10H,18H2,1H3. The zero-order valence-electron chi connectivity index (χ0n) is 13.2. The number of hydrogen-bond donors (Lipinski definition) is 1. The van der Waals surface area contributed by atoms with Crippen LogP contribution in [0.4, 0.5) is 5.69 Å². The Labute approximate surface area is 156 Å². The lowest BCUT2D eigenvalue weighted by molar-refractivity contribution is -0.384. The van der Waals surface area contributed by atoms with E-state index in [-0.39, 0.29) is 10.9 Å². The minimum atomic E-state index is -0.405. The first kappa shape index (κ1) is 17.4. The highest BCUT2D eigenvalue weighted by molar-refractivity contribution is 9.10. The van der Waals surface area contributed by atoms with Gasteiger partial charge in [-0.1, -0.05) is 52.0 Å². The highest BCUT2D eigenvalue weighted by Crippen LogP contribution is 2.36. The van der Waals surface area contributed by atoms with E-state index >= 15 is 0 Å². The van der Waals surface area contributed by atoms with E-state index in [1.54, 1.807) is 12.1 Å². The van der Waals surface area contributed by atoms with Crippen LogP contribution in [-0.4, -0.2) is 19.8 Å². The number of nitrogens with zero attached hydrogens (tertiary/aromatic N) is 4. The van der Waals surface area contributed by atoms with Crippen LogP contribution in [0.15, 0.2) is 58.2 Å². The minimum Gasteiger partial charge on any atom is -0.335 e. The van der Waals surface area contributed by atoms with Gasteiger partial charge in [0.25, 0.3) is 5.69 Å². The summed E-state index contributed by atoms with van der Waals surface area (Å²) < 4.78 is 2.30. The van der Waals surface area contributed by atoms with Crippen molar-refractivity contribution in [2.45, 2.75) is 17.3 Å². The first-order valence-electron chi connectivity index (χ1n) is 7.33. The van der Waals surface area contributed by atoms with Crippen LogP contribution in [0.5, 0.6) is 0 Å². The normalized spacial score (nSPS) is 12.1. The van der Waals surface area contributed by atoms with Crippen LogP contribution >= 0.6 is 27.7 Å². The Morgan fingerprint density at radius 3 is 2.72 bits per heavy atom. The molecule has 0 aliphatic carbocycles. The van der Waals surface area contributed by atoms with Crippen molar-refractivity contribution in [1.29, 1.82) is 0 Å². The number of aromatic nitrogens is 3. The maximum Gasteiger partial charge on any atom is 0.269 e. The molecule has 0 aliphatic heterocycles. The van der Waals surface area contributed by atoms with Crippen molar-refractivity contribution in [2.75, 3.05) is 5.84 Å². The number of rotatable bonds is 5. The molecule has 0 saturated carbocycles. The van der Waals surface area contributed by atoms with Crippen molar-refractivity contribution in [1.82, 2.24) is 14.9 Å². The summed E-state index contributed by atoms with van der Waals surface area (Å²) in [5, 5.41) is 19.7. The predicted octanol–water partition coefficient (Wildman–Crippen LogP) is 4.18. The van der Waals surface area contributed by atoms with Crippen molar-refractivity contribution in [3.05, 3.63) is 68.7 Å². The van der Waals surface area contributed by atoms with Gasteiger partial charge in [-0.05, 0) is 24.6 Å². The second-order valence-electron chi connectivity index (χ2n) is 5.27. The Morgan fingerprint density at radius 1 is 1.24 bits per heavy atom. The average Bonchev–Trinajstić information content (AvgIpc) is 2.96. The lowest BCUT2D eigenvalue weighted by atomic mass is 10.1. The van der Waals surface area contributed by atoms with Gasteiger partial charge in [-0.3, -0.25) is 10.1 Å². The molecule has 0 radical (unpaired) electrons. The van der Waals surface area contributed by atoms with Gasteiger partial charge in [0.2, 0.25) is 5.16 Å². The summed E-state index contributed by atoms with van der Waals surface area (Å²) in [6.07, 6.45) is 0. The Hall–Kier alpha value is -2.39. The van der Waals surface area contributed by atoms with Crippen LogP contribution in [0.25, 0.3) is 11.4 Å². The fourth-order valence-electron chi connectivity index (χ4n) is 2.30. The van der Waals surface area contributed by atoms with Crippen molar-refractivity contribution < 1.29 is 4.92 Å². The Bertz CT molecular complexity index is 930. The molecule has 1 atom stereocenters. The monoisotopic (exact) mass is 419 g/mol. The molecule has 7 nitrogen and oxygen atoms in total. The zero-order valence-corrected chi connectivity index (χ0v) is 15.6. The molecule has 1 unspecified atom stereocenters. The van der Waals surface area contributed by atoms with E-state index in [2.05, 4.69) is 26.1 Å². The molecule has 2 aromatic carbocycles. The lowest BCUT2D eigenvalue weighted by Gasteiger charge is -2.11. The minimum absolute atomic E-state index is 0.0630. The second kappa shape index (κ2) is 7.24. The number of nitro benzene ring substituents is 1. The van der Waals surface area contributed by atoms with E-state index in [1.807, 2.05) is 37.3 Å². The highest BCUT2D eigenvalue weighted by atomic mass is 79.9. The first-order valence-corrected chi connectivity index (χ1v) is 9.01.